The van der Waals surface area contributed by atoms with Gasteiger partial charge in [0.2, 0.25) is 0 Å². The van der Waals surface area contributed by atoms with Crippen LogP contribution >= 0.6 is 27.3 Å². The zero-order valence-corrected chi connectivity index (χ0v) is 10.8. The number of aryl methyl sites for hydroxylation is 1. The van der Waals surface area contributed by atoms with E-state index in [1.54, 1.807) is 17.6 Å². The largest absolute Gasteiger partial charge is 0.469 e. The van der Waals surface area contributed by atoms with Crippen molar-refractivity contribution in [3.05, 3.63) is 44.4 Å². The monoisotopic (exact) mass is 285 g/mol. The lowest BCUT2D eigenvalue weighted by Gasteiger charge is -2.08. The second-order valence-electron chi connectivity index (χ2n) is 3.27. The molecule has 0 saturated heterocycles. The van der Waals surface area contributed by atoms with Crippen LogP contribution in [0, 0.1) is 0 Å². The first kappa shape index (κ1) is 10.9. The Morgan fingerprint density at radius 1 is 1.47 bits per heavy atom. The quantitative estimate of drug-likeness (QED) is 0.934. The molecule has 80 valence electrons. The van der Waals surface area contributed by atoms with E-state index in [0.717, 1.165) is 26.4 Å². The van der Waals surface area contributed by atoms with Gasteiger partial charge in [0, 0.05) is 16.9 Å². The number of hydrogen-bond donors (Lipinski definition) is 1. The molecule has 2 nitrogen and oxygen atoms in total. The van der Waals surface area contributed by atoms with Crippen molar-refractivity contribution in [1.29, 1.82) is 0 Å². The topological polar surface area (TPSA) is 39.2 Å². The molecule has 0 aliphatic heterocycles. The van der Waals surface area contributed by atoms with Gasteiger partial charge in [-0.25, -0.2) is 0 Å². The van der Waals surface area contributed by atoms with Crippen molar-refractivity contribution >= 4 is 27.3 Å². The van der Waals surface area contributed by atoms with E-state index in [2.05, 4.69) is 22.9 Å². The molecule has 0 bridgehead atoms. The maximum absolute atomic E-state index is 6.18. The van der Waals surface area contributed by atoms with E-state index < -0.39 is 0 Å². The minimum atomic E-state index is -0.0741. The van der Waals surface area contributed by atoms with Crippen molar-refractivity contribution in [2.24, 2.45) is 5.73 Å². The predicted octanol–water partition coefficient (Wildman–Crippen LogP) is 3.71. The average molecular weight is 286 g/mol. The molecule has 0 amide bonds. The van der Waals surface area contributed by atoms with Crippen LogP contribution in [0.15, 0.2) is 32.7 Å². The standard InChI is InChI=1S/C11H12BrNOS/c1-2-8-7(5-6-14-8)11(13)9-3-4-10(12)15-9/h3-6,11H,2,13H2,1H3. The minimum Gasteiger partial charge on any atom is -0.469 e. The maximum Gasteiger partial charge on any atom is 0.108 e. The van der Waals surface area contributed by atoms with Crippen LogP contribution in [0.2, 0.25) is 0 Å². The molecule has 4 heteroatoms. The molecule has 2 N–H and O–H groups in total. The predicted molar refractivity (Wildman–Crippen MR) is 66.1 cm³/mol. The minimum absolute atomic E-state index is 0.0741. The van der Waals surface area contributed by atoms with Crippen molar-refractivity contribution in [2.75, 3.05) is 0 Å². The molecule has 2 aromatic rings. The van der Waals surface area contributed by atoms with E-state index in [0.29, 0.717) is 0 Å². The van der Waals surface area contributed by atoms with Gasteiger partial charge in [-0.3, -0.25) is 0 Å². The fourth-order valence-electron chi connectivity index (χ4n) is 1.56. The number of thiophene rings is 1. The van der Waals surface area contributed by atoms with Gasteiger partial charge >= 0.3 is 0 Å². The summed E-state index contributed by atoms with van der Waals surface area (Å²) < 4.78 is 6.48. The molecule has 0 aliphatic rings. The van der Waals surface area contributed by atoms with Gasteiger partial charge in [0.1, 0.15) is 5.76 Å². The van der Waals surface area contributed by atoms with Crippen molar-refractivity contribution in [1.82, 2.24) is 0 Å². The number of rotatable bonds is 3. The van der Waals surface area contributed by atoms with Gasteiger partial charge in [-0.05, 0) is 34.1 Å². The second-order valence-corrected chi connectivity index (χ2v) is 5.77. The number of halogens is 1. The summed E-state index contributed by atoms with van der Waals surface area (Å²) in [5.41, 5.74) is 7.27. The molecule has 2 aromatic heterocycles. The Morgan fingerprint density at radius 2 is 2.27 bits per heavy atom. The molecule has 0 saturated carbocycles. The summed E-state index contributed by atoms with van der Waals surface area (Å²) in [4.78, 5) is 1.15. The molecule has 0 fully saturated rings. The highest BCUT2D eigenvalue weighted by molar-refractivity contribution is 9.11. The van der Waals surface area contributed by atoms with Crippen molar-refractivity contribution in [2.45, 2.75) is 19.4 Å². The molecular weight excluding hydrogens is 274 g/mol. The zero-order chi connectivity index (χ0) is 10.8. The van der Waals surface area contributed by atoms with Gasteiger partial charge in [0.15, 0.2) is 0 Å². The Balaban J connectivity index is 2.31. The van der Waals surface area contributed by atoms with Crippen LogP contribution in [0.1, 0.15) is 29.2 Å². The molecule has 0 aliphatic carbocycles. The molecule has 2 rings (SSSR count). The third kappa shape index (κ3) is 2.17. The maximum atomic E-state index is 6.18. The summed E-state index contributed by atoms with van der Waals surface area (Å²) >= 11 is 5.10. The smallest absolute Gasteiger partial charge is 0.108 e. The van der Waals surface area contributed by atoms with Crippen molar-refractivity contribution < 1.29 is 4.42 Å². The van der Waals surface area contributed by atoms with Crippen LogP contribution in [0.4, 0.5) is 0 Å². The van der Waals surface area contributed by atoms with Gasteiger partial charge in [0.25, 0.3) is 0 Å². The van der Waals surface area contributed by atoms with Crippen LogP contribution in [0.5, 0.6) is 0 Å². The van der Waals surface area contributed by atoms with Gasteiger partial charge in [-0.2, -0.15) is 0 Å². The Labute approximate surface area is 101 Å². The molecular formula is C11H12BrNOS. The first-order chi connectivity index (χ1) is 7.22. The van der Waals surface area contributed by atoms with Gasteiger partial charge in [-0.15, -0.1) is 11.3 Å². The first-order valence-corrected chi connectivity index (χ1v) is 6.40. The summed E-state index contributed by atoms with van der Waals surface area (Å²) in [6, 6.07) is 5.95. The number of nitrogens with two attached hydrogens (primary N) is 1. The van der Waals surface area contributed by atoms with E-state index in [4.69, 9.17) is 10.2 Å². The normalized spacial score (nSPS) is 13.0. The number of hydrogen-bond acceptors (Lipinski definition) is 3. The summed E-state index contributed by atoms with van der Waals surface area (Å²) in [7, 11) is 0. The lowest BCUT2D eigenvalue weighted by Crippen LogP contribution is -2.10. The number of furan rings is 1. The highest BCUT2D eigenvalue weighted by Crippen LogP contribution is 2.31. The van der Waals surface area contributed by atoms with E-state index in [9.17, 15) is 0 Å². The van der Waals surface area contributed by atoms with E-state index in [-0.39, 0.29) is 6.04 Å². The lowest BCUT2D eigenvalue weighted by atomic mass is 10.1. The summed E-state index contributed by atoms with van der Waals surface area (Å²) in [5, 5.41) is 0. The molecule has 1 atom stereocenters. The molecule has 2 heterocycles. The molecule has 0 spiro atoms. The second kappa shape index (κ2) is 4.51. The zero-order valence-electron chi connectivity index (χ0n) is 8.37. The highest BCUT2D eigenvalue weighted by Gasteiger charge is 2.16. The van der Waals surface area contributed by atoms with Gasteiger partial charge < -0.3 is 10.2 Å². The molecule has 0 radical (unpaired) electrons. The van der Waals surface area contributed by atoms with E-state index in [1.807, 2.05) is 18.2 Å². The first-order valence-electron chi connectivity index (χ1n) is 4.79. The van der Waals surface area contributed by atoms with Crippen LogP contribution < -0.4 is 5.73 Å². The van der Waals surface area contributed by atoms with E-state index in [1.165, 1.54) is 0 Å². The third-order valence-corrected chi connectivity index (χ3v) is 4.04. The lowest BCUT2D eigenvalue weighted by molar-refractivity contribution is 0.509. The molecule has 15 heavy (non-hydrogen) atoms. The van der Waals surface area contributed by atoms with Crippen LogP contribution in [-0.2, 0) is 6.42 Å². The third-order valence-electron chi connectivity index (χ3n) is 2.34. The SMILES string of the molecule is CCc1occc1C(N)c1ccc(Br)s1. The summed E-state index contributed by atoms with van der Waals surface area (Å²) in [6.07, 6.45) is 2.58. The van der Waals surface area contributed by atoms with Crippen molar-refractivity contribution in [3.63, 3.8) is 0 Å². The average Bonchev–Trinajstić information content (AvgIpc) is 2.84. The Bertz CT molecular complexity index is 449. The fraction of sp³-hybridized carbons (Fsp3) is 0.273. The molecule has 1 unspecified atom stereocenters. The highest BCUT2D eigenvalue weighted by atomic mass is 79.9. The van der Waals surface area contributed by atoms with E-state index >= 15 is 0 Å². The summed E-state index contributed by atoms with van der Waals surface area (Å²) in [5.74, 6) is 0.979. The Hall–Kier alpha value is -0.580. The van der Waals surface area contributed by atoms with Crippen LogP contribution in [0.3, 0.4) is 0 Å². The Kier molecular flexibility index (Phi) is 3.29. The fourth-order valence-corrected chi connectivity index (χ4v) is 3.01. The molecule has 0 aromatic carbocycles. The van der Waals surface area contributed by atoms with Crippen LogP contribution in [-0.4, -0.2) is 0 Å². The van der Waals surface area contributed by atoms with Crippen molar-refractivity contribution in [3.8, 4) is 0 Å². The Morgan fingerprint density at radius 3 is 2.87 bits per heavy atom. The summed E-state index contributed by atoms with van der Waals surface area (Å²) in [6.45, 7) is 2.07. The van der Waals surface area contributed by atoms with Crippen LogP contribution in [0.25, 0.3) is 0 Å². The van der Waals surface area contributed by atoms with Gasteiger partial charge in [-0.1, -0.05) is 6.92 Å². The van der Waals surface area contributed by atoms with Gasteiger partial charge in [0.05, 0.1) is 16.1 Å².